The zero-order valence-electron chi connectivity index (χ0n) is 12.1. The molecule has 0 saturated carbocycles. The van der Waals surface area contributed by atoms with E-state index in [9.17, 15) is 5.11 Å². The molecule has 1 atom stereocenters. The number of aliphatic hydroxyl groups excluding tert-OH is 1. The second-order valence-electron chi connectivity index (χ2n) is 5.20. The Hall–Kier alpha value is -0.910. The van der Waals surface area contributed by atoms with Crippen LogP contribution in [0.2, 0.25) is 0 Å². The Kier molecular flexibility index (Phi) is 5.57. The van der Waals surface area contributed by atoms with Gasteiger partial charge in [0.2, 0.25) is 0 Å². The highest BCUT2D eigenvalue weighted by Gasteiger charge is 2.22. The van der Waals surface area contributed by atoms with Gasteiger partial charge in [-0.15, -0.1) is 11.8 Å². The van der Waals surface area contributed by atoms with Gasteiger partial charge in [0.05, 0.1) is 19.8 Å². The van der Waals surface area contributed by atoms with Gasteiger partial charge in [-0.1, -0.05) is 6.92 Å². The molecule has 1 aliphatic rings. The summed E-state index contributed by atoms with van der Waals surface area (Å²) in [6.07, 6.45) is 0.917. The first-order chi connectivity index (χ1) is 9.67. The fourth-order valence-corrected chi connectivity index (χ4v) is 3.09. The molecule has 1 aromatic carbocycles. The van der Waals surface area contributed by atoms with Crippen molar-refractivity contribution in [3.05, 3.63) is 18.2 Å². The number of benzene rings is 1. The summed E-state index contributed by atoms with van der Waals surface area (Å²) >= 11 is 1.71. The molecule has 20 heavy (non-hydrogen) atoms. The Bertz CT molecular complexity index is 441. The van der Waals surface area contributed by atoms with Crippen LogP contribution >= 0.6 is 11.8 Å². The third-order valence-corrected chi connectivity index (χ3v) is 4.60. The van der Waals surface area contributed by atoms with Crippen LogP contribution in [0.25, 0.3) is 0 Å². The number of hydrogen-bond acceptors (Lipinski definition) is 5. The summed E-state index contributed by atoms with van der Waals surface area (Å²) in [7, 11) is 0. The lowest BCUT2D eigenvalue weighted by Gasteiger charge is -2.27. The van der Waals surface area contributed by atoms with E-state index >= 15 is 0 Å². The van der Waals surface area contributed by atoms with Gasteiger partial charge in [0.1, 0.15) is 0 Å². The van der Waals surface area contributed by atoms with Crippen molar-refractivity contribution < 1.29 is 14.6 Å². The molecule has 0 aromatic heterocycles. The smallest absolute Gasteiger partial charge is 0.162 e. The molecule has 2 rings (SSSR count). The Morgan fingerprint density at radius 3 is 2.75 bits per heavy atom. The van der Waals surface area contributed by atoms with Gasteiger partial charge < -0.3 is 19.9 Å². The maximum atomic E-state index is 9.50. The lowest BCUT2D eigenvalue weighted by molar-refractivity contribution is 0.194. The van der Waals surface area contributed by atoms with E-state index in [1.165, 1.54) is 0 Å². The van der Waals surface area contributed by atoms with Crippen LogP contribution in [0.1, 0.15) is 20.3 Å². The molecule has 4 nitrogen and oxygen atoms in total. The van der Waals surface area contributed by atoms with E-state index in [0.717, 1.165) is 35.1 Å². The second kappa shape index (κ2) is 7.20. The molecule has 1 aromatic rings. The molecule has 5 heteroatoms. The van der Waals surface area contributed by atoms with E-state index in [-0.39, 0.29) is 12.1 Å². The van der Waals surface area contributed by atoms with Gasteiger partial charge in [0, 0.05) is 22.6 Å². The van der Waals surface area contributed by atoms with Crippen molar-refractivity contribution in [2.75, 3.05) is 32.1 Å². The topological polar surface area (TPSA) is 50.7 Å². The number of hydrogen-bond donors (Lipinski definition) is 2. The zero-order valence-corrected chi connectivity index (χ0v) is 13.0. The number of rotatable bonds is 6. The number of ether oxygens (including phenoxy) is 2. The van der Waals surface area contributed by atoms with Crippen molar-refractivity contribution in [3.8, 4) is 11.5 Å². The second-order valence-corrected chi connectivity index (χ2v) is 6.25. The van der Waals surface area contributed by atoms with Gasteiger partial charge in [-0.2, -0.15) is 0 Å². The van der Waals surface area contributed by atoms with Crippen LogP contribution in [-0.4, -0.2) is 42.8 Å². The summed E-state index contributed by atoms with van der Waals surface area (Å²) in [5.41, 5.74) is -0.260. The molecule has 1 unspecified atom stereocenters. The molecule has 112 valence electrons. The maximum absolute atomic E-state index is 9.50. The maximum Gasteiger partial charge on any atom is 0.162 e. The summed E-state index contributed by atoms with van der Waals surface area (Å²) < 4.78 is 11.3. The predicted octanol–water partition coefficient (Wildman–Crippen LogP) is 2.30. The fraction of sp³-hybridized carbons (Fsp3) is 0.600. The van der Waals surface area contributed by atoms with Crippen molar-refractivity contribution in [2.45, 2.75) is 30.7 Å². The van der Waals surface area contributed by atoms with Crippen molar-refractivity contribution in [1.29, 1.82) is 0 Å². The molecule has 0 fully saturated rings. The molecule has 0 spiro atoms. The van der Waals surface area contributed by atoms with Gasteiger partial charge in [0.25, 0.3) is 0 Å². The van der Waals surface area contributed by atoms with Gasteiger partial charge in [0.15, 0.2) is 11.5 Å². The molecule has 0 aliphatic carbocycles. The highest BCUT2D eigenvalue weighted by Crippen LogP contribution is 2.34. The standard InChI is InChI=1S/C15H23NO3S/c1-3-16-15(2,10-17)11-20-12-5-6-13-14(9-12)19-8-4-7-18-13/h5-6,9,16-17H,3-4,7-8,10-11H2,1-2H3. The average Bonchev–Trinajstić information content (AvgIpc) is 2.70. The molecule has 2 N–H and O–H groups in total. The Labute approximate surface area is 124 Å². The monoisotopic (exact) mass is 297 g/mol. The number of fused-ring (bicyclic) bond motifs is 1. The first kappa shape index (κ1) is 15.5. The first-order valence-corrected chi connectivity index (χ1v) is 8.04. The SMILES string of the molecule is CCNC(C)(CO)CSc1ccc2c(c1)OCCCO2. The van der Waals surface area contributed by atoms with E-state index < -0.39 is 0 Å². The third kappa shape index (κ3) is 4.04. The Morgan fingerprint density at radius 1 is 1.30 bits per heavy atom. The largest absolute Gasteiger partial charge is 0.490 e. The van der Waals surface area contributed by atoms with Crippen molar-refractivity contribution >= 4 is 11.8 Å². The molecule has 1 aliphatic heterocycles. The minimum Gasteiger partial charge on any atom is -0.490 e. The van der Waals surface area contributed by atoms with Gasteiger partial charge in [-0.3, -0.25) is 0 Å². The lowest BCUT2D eigenvalue weighted by atomic mass is 10.1. The Balaban J connectivity index is 2.01. The average molecular weight is 297 g/mol. The van der Waals surface area contributed by atoms with Crippen molar-refractivity contribution in [3.63, 3.8) is 0 Å². The lowest BCUT2D eigenvalue weighted by Crippen LogP contribution is -2.47. The summed E-state index contributed by atoms with van der Waals surface area (Å²) in [6.45, 7) is 6.46. The number of thioether (sulfide) groups is 1. The van der Waals surface area contributed by atoms with Crippen LogP contribution in [0.4, 0.5) is 0 Å². The first-order valence-electron chi connectivity index (χ1n) is 7.05. The summed E-state index contributed by atoms with van der Waals surface area (Å²) in [6, 6.07) is 6.03. The van der Waals surface area contributed by atoms with E-state index in [1.807, 2.05) is 32.0 Å². The van der Waals surface area contributed by atoms with Crippen LogP contribution in [0.5, 0.6) is 11.5 Å². The molecule has 0 saturated heterocycles. The van der Waals surface area contributed by atoms with Crippen molar-refractivity contribution in [2.24, 2.45) is 0 Å². The summed E-state index contributed by atoms with van der Waals surface area (Å²) in [5.74, 6) is 2.45. The molecular weight excluding hydrogens is 274 g/mol. The molecule has 0 radical (unpaired) electrons. The minimum atomic E-state index is -0.260. The van der Waals surface area contributed by atoms with Crippen LogP contribution in [0.3, 0.4) is 0 Å². The minimum absolute atomic E-state index is 0.123. The third-order valence-electron chi connectivity index (χ3n) is 3.23. The van der Waals surface area contributed by atoms with Gasteiger partial charge in [-0.25, -0.2) is 0 Å². The predicted molar refractivity (Wildman–Crippen MR) is 81.9 cm³/mol. The molecule has 0 bridgehead atoms. The highest BCUT2D eigenvalue weighted by molar-refractivity contribution is 7.99. The van der Waals surface area contributed by atoms with E-state index in [4.69, 9.17) is 9.47 Å². The van der Waals surface area contributed by atoms with E-state index in [2.05, 4.69) is 5.32 Å². The number of aliphatic hydroxyl groups is 1. The summed E-state index contributed by atoms with van der Waals surface area (Å²) in [5, 5.41) is 12.8. The normalized spacial score (nSPS) is 17.4. The number of nitrogens with one attached hydrogen (secondary N) is 1. The molecule has 0 amide bonds. The quantitative estimate of drug-likeness (QED) is 0.789. The Morgan fingerprint density at radius 2 is 2.05 bits per heavy atom. The van der Waals surface area contributed by atoms with E-state index in [1.54, 1.807) is 11.8 Å². The van der Waals surface area contributed by atoms with Crippen LogP contribution < -0.4 is 14.8 Å². The van der Waals surface area contributed by atoms with Crippen LogP contribution in [0, 0.1) is 0 Å². The number of likely N-dealkylation sites (N-methyl/N-ethyl adjacent to an activating group) is 1. The van der Waals surface area contributed by atoms with Crippen molar-refractivity contribution in [1.82, 2.24) is 5.32 Å². The van der Waals surface area contributed by atoms with Gasteiger partial charge in [-0.05, 0) is 31.7 Å². The molecular formula is C15H23NO3S. The highest BCUT2D eigenvalue weighted by atomic mass is 32.2. The molecule has 1 heterocycles. The van der Waals surface area contributed by atoms with E-state index in [0.29, 0.717) is 13.2 Å². The fourth-order valence-electron chi connectivity index (χ4n) is 2.06. The van der Waals surface area contributed by atoms with Crippen LogP contribution in [-0.2, 0) is 0 Å². The zero-order chi connectivity index (χ0) is 14.4. The van der Waals surface area contributed by atoms with Gasteiger partial charge >= 0.3 is 0 Å². The van der Waals surface area contributed by atoms with Crippen LogP contribution in [0.15, 0.2) is 23.1 Å². The summed E-state index contributed by atoms with van der Waals surface area (Å²) in [4.78, 5) is 1.13.